The number of esters is 1. The molecule has 6 heteroatoms. The molecule has 19 heavy (non-hydrogen) atoms. The van der Waals surface area contributed by atoms with E-state index < -0.39 is 5.82 Å². The highest BCUT2D eigenvalue weighted by Gasteiger charge is 2.16. The highest BCUT2D eigenvalue weighted by Crippen LogP contribution is 2.32. The molecule has 0 spiro atoms. The summed E-state index contributed by atoms with van der Waals surface area (Å²) in [6.45, 7) is 4.32. The van der Waals surface area contributed by atoms with E-state index in [1.807, 2.05) is 0 Å². The van der Waals surface area contributed by atoms with Crippen molar-refractivity contribution in [1.29, 1.82) is 0 Å². The molecule has 1 atom stereocenters. The Labute approximate surface area is 122 Å². The zero-order valence-electron chi connectivity index (χ0n) is 10.8. The summed E-state index contributed by atoms with van der Waals surface area (Å²) in [5, 5.41) is 3.46. The predicted molar refractivity (Wildman–Crippen MR) is 74.1 cm³/mol. The summed E-state index contributed by atoms with van der Waals surface area (Å²) < 4.78 is 18.2. The minimum atomic E-state index is -0.514. The lowest BCUT2D eigenvalue weighted by molar-refractivity contribution is -0.143. The molecule has 1 N–H and O–H groups in total. The van der Waals surface area contributed by atoms with Crippen molar-refractivity contribution in [3.63, 3.8) is 0 Å². The second kappa shape index (κ2) is 7.68. The predicted octanol–water partition coefficient (Wildman–Crippen LogP) is 3.74. The van der Waals surface area contributed by atoms with Crippen LogP contribution in [0.5, 0.6) is 0 Å². The fourth-order valence-electron chi connectivity index (χ4n) is 1.67. The van der Waals surface area contributed by atoms with Crippen LogP contribution in [0, 0.1) is 5.82 Å². The average molecular weight is 308 g/mol. The number of carbonyl (C=O) groups excluding carboxylic acids is 1. The first-order chi connectivity index (χ1) is 8.97. The van der Waals surface area contributed by atoms with Crippen molar-refractivity contribution < 1.29 is 13.9 Å². The van der Waals surface area contributed by atoms with Crippen molar-refractivity contribution in [3.8, 4) is 0 Å². The van der Waals surface area contributed by atoms with E-state index in [4.69, 9.17) is 27.9 Å². The molecule has 3 nitrogen and oxygen atoms in total. The third-order valence-electron chi connectivity index (χ3n) is 2.60. The fraction of sp³-hybridized carbons (Fsp3) is 0.462. The summed E-state index contributed by atoms with van der Waals surface area (Å²) in [7, 11) is 0. The highest BCUT2D eigenvalue weighted by atomic mass is 35.5. The fourth-order valence-corrected chi connectivity index (χ4v) is 2.36. The van der Waals surface area contributed by atoms with Crippen LogP contribution in [0.25, 0.3) is 0 Å². The van der Waals surface area contributed by atoms with Crippen LogP contribution in [0.3, 0.4) is 0 Å². The molecule has 0 amide bonds. The molecule has 1 rings (SSSR count). The van der Waals surface area contributed by atoms with Gasteiger partial charge in [0.25, 0.3) is 0 Å². The first-order valence-electron chi connectivity index (χ1n) is 5.99. The van der Waals surface area contributed by atoms with E-state index in [0.29, 0.717) is 23.7 Å². The van der Waals surface area contributed by atoms with E-state index >= 15 is 0 Å². The van der Waals surface area contributed by atoms with Crippen LogP contribution in [0.1, 0.15) is 31.9 Å². The molecule has 1 unspecified atom stereocenters. The van der Waals surface area contributed by atoms with Gasteiger partial charge in [0.1, 0.15) is 5.82 Å². The Morgan fingerprint density at radius 1 is 1.47 bits per heavy atom. The Kier molecular flexibility index (Phi) is 6.55. The van der Waals surface area contributed by atoms with E-state index in [9.17, 15) is 9.18 Å². The van der Waals surface area contributed by atoms with E-state index in [-0.39, 0.29) is 23.5 Å². The van der Waals surface area contributed by atoms with Gasteiger partial charge in [-0.2, -0.15) is 0 Å². The molecule has 0 saturated heterocycles. The maximum absolute atomic E-state index is 13.4. The van der Waals surface area contributed by atoms with Crippen LogP contribution in [0.4, 0.5) is 4.39 Å². The highest BCUT2D eigenvalue weighted by molar-refractivity contribution is 6.36. The molecular weight excluding hydrogens is 292 g/mol. The van der Waals surface area contributed by atoms with Gasteiger partial charge in [-0.15, -0.1) is 0 Å². The van der Waals surface area contributed by atoms with Crippen molar-refractivity contribution in [3.05, 3.63) is 33.6 Å². The molecule has 0 saturated carbocycles. The van der Waals surface area contributed by atoms with E-state index in [0.717, 1.165) is 0 Å². The molecule has 106 valence electrons. The third-order valence-corrected chi connectivity index (χ3v) is 3.31. The summed E-state index contributed by atoms with van der Waals surface area (Å²) in [5.41, 5.74) is 0.493. The van der Waals surface area contributed by atoms with Crippen LogP contribution < -0.4 is 5.32 Å². The minimum Gasteiger partial charge on any atom is -0.466 e. The zero-order valence-corrected chi connectivity index (χ0v) is 12.3. The molecular formula is C13H16Cl2FNO2. The largest absolute Gasteiger partial charge is 0.466 e. The molecule has 0 fully saturated rings. The van der Waals surface area contributed by atoms with Crippen molar-refractivity contribution in [2.45, 2.75) is 26.3 Å². The Balaban J connectivity index is 2.61. The van der Waals surface area contributed by atoms with Crippen molar-refractivity contribution in [1.82, 2.24) is 5.32 Å². The van der Waals surface area contributed by atoms with Crippen LogP contribution in [0.15, 0.2) is 12.1 Å². The van der Waals surface area contributed by atoms with Crippen molar-refractivity contribution >= 4 is 29.2 Å². The topological polar surface area (TPSA) is 38.3 Å². The Morgan fingerprint density at radius 3 is 2.79 bits per heavy atom. The van der Waals surface area contributed by atoms with Crippen molar-refractivity contribution in [2.24, 2.45) is 0 Å². The third kappa shape index (κ3) is 4.64. The standard InChI is InChI=1S/C13H16Cl2FNO2/c1-3-19-11(18)6-7-17-8(2)12-9(14)4-5-10(16)13(12)15/h4-5,8,17H,3,6-7H2,1-2H3. The average Bonchev–Trinajstić information content (AvgIpc) is 2.35. The van der Waals surface area contributed by atoms with Gasteiger partial charge < -0.3 is 10.1 Å². The number of carbonyl (C=O) groups is 1. The quantitative estimate of drug-likeness (QED) is 0.643. The number of hydrogen-bond acceptors (Lipinski definition) is 3. The van der Waals surface area contributed by atoms with E-state index in [2.05, 4.69) is 5.32 Å². The van der Waals surface area contributed by atoms with Gasteiger partial charge in [0, 0.05) is 23.2 Å². The van der Waals surface area contributed by atoms with Crippen LogP contribution in [0.2, 0.25) is 10.0 Å². The van der Waals surface area contributed by atoms with Gasteiger partial charge in [0.15, 0.2) is 0 Å². The number of hydrogen-bond donors (Lipinski definition) is 1. The Morgan fingerprint density at radius 2 is 2.16 bits per heavy atom. The lowest BCUT2D eigenvalue weighted by atomic mass is 10.1. The summed E-state index contributed by atoms with van der Waals surface area (Å²) in [6, 6.07) is 2.42. The molecule has 0 aromatic heterocycles. The van der Waals surface area contributed by atoms with Gasteiger partial charge >= 0.3 is 5.97 Å². The molecule has 0 aliphatic carbocycles. The molecule has 0 bridgehead atoms. The summed E-state index contributed by atoms with van der Waals surface area (Å²) in [5.74, 6) is -0.793. The molecule has 0 heterocycles. The Bertz CT molecular complexity index is 455. The number of rotatable bonds is 6. The molecule has 1 aromatic rings. The van der Waals surface area contributed by atoms with Crippen LogP contribution in [-0.2, 0) is 9.53 Å². The first-order valence-corrected chi connectivity index (χ1v) is 6.75. The van der Waals surface area contributed by atoms with Gasteiger partial charge in [-0.25, -0.2) is 4.39 Å². The summed E-state index contributed by atoms with van der Waals surface area (Å²) >= 11 is 11.9. The van der Waals surface area contributed by atoms with Gasteiger partial charge in [-0.3, -0.25) is 4.79 Å². The normalized spacial score (nSPS) is 12.3. The lowest BCUT2D eigenvalue weighted by Crippen LogP contribution is -2.23. The SMILES string of the molecule is CCOC(=O)CCNC(C)c1c(Cl)ccc(F)c1Cl. The van der Waals surface area contributed by atoms with Gasteiger partial charge in [0.2, 0.25) is 0 Å². The maximum Gasteiger partial charge on any atom is 0.307 e. The van der Waals surface area contributed by atoms with Crippen LogP contribution in [-0.4, -0.2) is 19.1 Å². The summed E-state index contributed by atoms with van der Waals surface area (Å²) in [6.07, 6.45) is 0.239. The van der Waals surface area contributed by atoms with Gasteiger partial charge in [-0.05, 0) is 26.0 Å². The lowest BCUT2D eigenvalue weighted by Gasteiger charge is -2.17. The number of nitrogens with one attached hydrogen (secondary N) is 1. The second-order valence-corrected chi connectivity index (χ2v) is 4.77. The monoisotopic (exact) mass is 307 g/mol. The van der Waals surface area contributed by atoms with Crippen molar-refractivity contribution in [2.75, 3.05) is 13.2 Å². The summed E-state index contributed by atoms with van der Waals surface area (Å²) in [4.78, 5) is 11.2. The minimum absolute atomic E-state index is 0.00337. The van der Waals surface area contributed by atoms with Gasteiger partial charge in [-0.1, -0.05) is 23.2 Å². The Hall–Kier alpha value is -0.840. The zero-order chi connectivity index (χ0) is 14.4. The second-order valence-electron chi connectivity index (χ2n) is 3.99. The van der Waals surface area contributed by atoms with E-state index in [1.165, 1.54) is 12.1 Å². The molecule has 0 aliphatic heterocycles. The number of benzene rings is 1. The maximum atomic E-state index is 13.4. The van der Waals surface area contributed by atoms with Crippen LogP contribution >= 0.6 is 23.2 Å². The van der Waals surface area contributed by atoms with E-state index in [1.54, 1.807) is 13.8 Å². The molecule has 0 aliphatic rings. The van der Waals surface area contributed by atoms with Gasteiger partial charge in [0.05, 0.1) is 18.1 Å². The molecule has 1 aromatic carbocycles. The first kappa shape index (κ1) is 16.2. The number of ether oxygens (including phenoxy) is 1. The number of halogens is 3. The molecule has 0 radical (unpaired) electrons. The smallest absolute Gasteiger partial charge is 0.307 e.